The third kappa shape index (κ3) is 3.66. The van der Waals surface area contributed by atoms with Gasteiger partial charge in [0.2, 0.25) is 0 Å². The molecule has 11 heteroatoms. The van der Waals surface area contributed by atoms with E-state index in [1.165, 1.54) is 6.07 Å². The van der Waals surface area contributed by atoms with Crippen molar-refractivity contribution in [2.24, 2.45) is 0 Å². The lowest BCUT2D eigenvalue weighted by Crippen LogP contribution is -2.25. The first-order chi connectivity index (χ1) is 11.5. The second kappa shape index (κ2) is 5.56. The number of ether oxygens (including phenoxy) is 2. The minimum Gasteiger partial charge on any atom is -0.395 e. The normalized spacial score (nSPS) is 15.8. The number of sulfonamides is 1. The van der Waals surface area contributed by atoms with E-state index in [0.717, 1.165) is 42.7 Å². The molecule has 1 N–H and O–H groups in total. The van der Waals surface area contributed by atoms with Crippen molar-refractivity contribution in [1.82, 2.24) is 0 Å². The maximum absolute atomic E-state index is 13.0. The lowest BCUT2D eigenvalue weighted by molar-refractivity contribution is -0.286. The van der Waals surface area contributed by atoms with Gasteiger partial charge in [-0.2, -0.15) is 0 Å². The van der Waals surface area contributed by atoms with Crippen LogP contribution in [0.3, 0.4) is 0 Å². The van der Waals surface area contributed by atoms with Crippen LogP contribution in [0.4, 0.5) is 14.5 Å². The molecule has 1 aliphatic heterocycles. The van der Waals surface area contributed by atoms with Gasteiger partial charge < -0.3 is 9.47 Å². The number of sulfone groups is 1. The van der Waals surface area contributed by atoms with Crippen LogP contribution in [-0.4, -0.2) is 29.4 Å². The Bertz CT molecular complexity index is 1030. The average Bonchev–Trinajstić information content (AvgIpc) is 2.79. The van der Waals surface area contributed by atoms with Gasteiger partial charge >= 0.3 is 6.29 Å². The second-order valence-corrected chi connectivity index (χ2v) is 8.88. The Hall–Kier alpha value is -2.40. The summed E-state index contributed by atoms with van der Waals surface area (Å²) < 4.78 is 84.0. The molecule has 134 valence electrons. The third-order valence-corrected chi connectivity index (χ3v) is 5.74. The molecule has 0 saturated carbocycles. The van der Waals surface area contributed by atoms with Crippen molar-refractivity contribution in [3.05, 3.63) is 42.5 Å². The maximum Gasteiger partial charge on any atom is 0.586 e. The molecular formula is C14H11F2NO6S2. The molecular weight excluding hydrogens is 380 g/mol. The predicted octanol–water partition coefficient (Wildman–Crippen LogP) is 2.21. The van der Waals surface area contributed by atoms with Crippen LogP contribution in [0.1, 0.15) is 0 Å². The number of alkyl halides is 2. The van der Waals surface area contributed by atoms with Crippen LogP contribution < -0.4 is 14.2 Å². The number of rotatable bonds is 4. The second-order valence-electron chi connectivity index (χ2n) is 5.18. The molecule has 0 bridgehead atoms. The summed E-state index contributed by atoms with van der Waals surface area (Å²) in [6.07, 6.45) is -2.81. The molecule has 0 spiro atoms. The van der Waals surface area contributed by atoms with Crippen molar-refractivity contribution < 1.29 is 35.1 Å². The SMILES string of the molecule is CS(=O)(=O)c1ccc(S(=O)(=O)Nc2ccc3c(c2)OC(F)(F)O3)cc1. The molecule has 0 unspecified atom stereocenters. The maximum atomic E-state index is 13.0. The fourth-order valence-corrected chi connectivity index (χ4v) is 3.77. The average molecular weight is 391 g/mol. The summed E-state index contributed by atoms with van der Waals surface area (Å²) in [5, 5.41) is 0. The van der Waals surface area contributed by atoms with Gasteiger partial charge in [-0.3, -0.25) is 4.72 Å². The lowest BCUT2D eigenvalue weighted by atomic mass is 10.3. The van der Waals surface area contributed by atoms with Crippen molar-refractivity contribution in [3.63, 3.8) is 0 Å². The van der Waals surface area contributed by atoms with Gasteiger partial charge in [0.1, 0.15) is 0 Å². The summed E-state index contributed by atoms with van der Waals surface area (Å²) in [5.41, 5.74) is -0.0211. The van der Waals surface area contributed by atoms with Gasteiger partial charge in [0.05, 0.1) is 15.5 Å². The van der Waals surface area contributed by atoms with E-state index in [0.29, 0.717) is 0 Å². The summed E-state index contributed by atoms with van der Waals surface area (Å²) in [4.78, 5) is -0.223. The van der Waals surface area contributed by atoms with E-state index < -0.39 is 26.2 Å². The van der Waals surface area contributed by atoms with E-state index in [-0.39, 0.29) is 27.0 Å². The Labute approximate surface area is 142 Å². The highest BCUT2D eigenvalue weighted by Gasteiger charge is 2.43. The van der Waals surface area contributed by atoms with Gasteiger partial charge in [-0.1, -0.05) is 0 Å². The van der Waals surface area contributed by atoms with Gasteiger partial charge in [0, 0.05) is 12.3 Å². The van der Waals surface area contributed by atoms with Gasteiger partial charge in [0.25, 0.3) is 10.0 Å². The lowest BCUT2D eigenvalue weighted by Gasteiger charge is -2.09. The Morgan fingerprint density at radius 3 is 2.04 bits per heavy atom. The van der Waals surface area contributed by atoms with Gasteiger partial charge in [-0.25, -0.2) is 16.8 Å². The smallest absolute Gasteiger partial charge is 0.395 e. The summed E-state index contributed by atoms with van der Waals surface area (Å²) in [6.45, 7) is 0. The fourth-order valence-electron chi connectivity index (χ4n) is 2.09. The molecule has 0 atom stereocenters. The summed E-state index contributed by atoms with van der Waals surface area (Å²) in [6, 6.07) is 7.99. The van der Waals surface area contributed by atoms with E-state index >= 15 is 0 Å². The molecule has 0 aromatic heterocycles. The number of hydrogen-bond donors (Lipinski definition) is 1. The quantitative estimate of drug-likeness (QED) is 0.858. The molecule has 0 amide bonds. The standard InChI is InChI=1S/C14H11F2NO6S2/c1-24(18,19)10-3-5-11(6-4-10)25(20,21)17-9-2-7-12-13(8-9)23-14(15,16)22-12/h2-8,17H,1H3. The van der Waals surface area contributed by atoms with E-state index in [4.69, 9.17) is 0 Å². The van der Waals surface area contributed by atoms with Crippen molar-refractivity contribution >= 4 is 25.5 Å². The first-order valence-electron chi connectivity index (χ1n) is 6.69. The number of nitrogens with one attached hydrogen (secondary N) is 1. The fraction of sp³-hybridized carbons (Fsp3) is 0.143. The summed E-state index contributed by atoms with van der Waals surface area (Å²) >= 11 is 0. The Morgan fingerprint density at radius 1 is 0.880 bits per heavy atom. The van der Waals surface area contributed by atoms with Crippen LogP contribution >= 0.6 is 0 Å². The monoisotopic (exact) mass is 391 g/mol. The minimum atomic E-state index is -4.05. The first kappa shape index (κ1) is 17.4. The molecule has 0 saturated heterocycles. The van der Waals surface area contributed by atoms with E-state index in [9.17, 15) is 25.6 Å². The zero-order valence-corrected chi connectivity index (χ0v) is 14.2. The molecule has 25 heavy (non-hydrogen) atoms. The Morgan fingerprint density at radius 2 is 1.44 bits per heavy atom. The molecule has 0 radical (unpaired) electrons. The van der Waals surface area contributed by atoms with Crippen LogP contribution in [0.15, 0.2) is 52.3 Å². The van der Waals surface area contributed by atoms with E-state index in [1.54, 1.807) is 0 Å². The van der Waals surface area contributed by atoms with E-state index in [2.05, 4.69) is 14.2 Å². The molecule has 2 aromatic rings. The molecule has 1 heterocycles. The van der Waals surface area contributed by atoms with Crippen LogP contribution in [-0.2, 0) is 19.9 Å². The Balaban J connectivity index is 1.85. The highest BCUT2D eigenvalue weighted by molar-refractivity contribution is 7.92. The number of fused-ring (bicyclic) bond motifs is 1. The first-order valence-corrected chi connectivity index (χ1v) is 10.1. The highest BCUT2D eigenvalue weighted by Crippen LogP contribution is 2.42. The van der Waals surface area contributed by atoms with Gasteiger partial charge in [-0.05, 0) is 36.4 Å². The topological polar surface area (TPSA) is 98.8 Å². The summed E-state index contributed by atoms with van der Waals surface area (Å²) in [5.74, 6) is -0.525. The van der Waals surface area contributed by atoms with Crippen molar-refractivity contribution in [3.8, 4) is 11.5 Å². The van der Waals surface area contributed by atoms with Crippen molar-refractivity contribution in [2.45, 2.75) is 16.1 Å². The summed E-state index contributed by atoms with van der Waals surface area (Å²) in [7, 11) is -7.51. The molecule has 2 aromatic carbocycles. The van der Waals surface area contributed by atoms with Gasteiger partial charge in [-0.15, -0.1) is 8.78 Å². The third-order valence-electron chi connectivity index (χ3n) is 3.22. The minimum absolute atomic E-state index is 0.0211. The van der Waals surface area contributed by atoms with Crippen LogP contribution in [0.2, 0.25) is 0 Å². The molecule has 0 fully saturated rings. The zero-order chi connectivity index (χ0) is 18.5. The molecule has 1 aliphatic rings. The van der Waals surface area contributed by atoms with Crippen molar-refractivity contribution in [2.75, 3.05) is 11.0 Å². The predicted molar refractivity (Wildman–Crippen MR) is 83.0 cm³/mol. The Kier molecular flexibility index (Phi) is 3.88. The number of hydrogen-bond acceptors (Lipinski definition) is 6. The van der Waals surface area contributed by atoms with Crippen LogP contribution in [0.25, 0.3) is 0 Å². The van der Waals surface area contributed by atoms with Crippen LogP contribution in [0, 0.1) is 0 Å². The highest BCUT2D eigenvalue weighted by atomic mass is 32.2. The number of halogens is 2. The molecule has 3 rings (SSSR count). The molecule has 0 aliphatic carbocycles. The van der Waals surface area contributed by atoms with Gasteiger partial charge in [0.15, 0.2) is 21.3 Å². The number of anilines is 1. The van der Waals surface area contributed by atoms with Crippen molar-refractivity contribution in [1.29, 1.82) is 0 Å². The van der Waals surface area contributed by atoms with E-state index in [1.807, 2.05) is 0 Å². The largest absolute Gasteiger partial charge is 0.586 e. The zero-order valence-electron chi connectivity index (χ0n) is 12.6. The number of benzene rings is 2. The van der Waals surface area contributed by atoms with Crippen LogP contribution in [0.5, 0.6) is 11.5 Å². The molecule has 7 nitrogen and oxygen atoms in total.